The molecule has 1 aromatic carbocycles. The lowest BCUT2D eigenvalue weighted by atomic mass is 10.1. The van der Waals surface area contributed by atoms with Gasteiger partial charge in [-0.25, -0.2) is 4.79 Å². The molecule has 1 fully saturated rings. The number of para-hydroxylation sites is 1. The van der Waals surface area contributed by atoms with Crippen LogP contribution < -0.4 is 14.8 Å². The second kappa shape index (κ2) is 3.59. The minimum absolute atomic E-state index is 0.149. The van der Waals surface area contributed by atoms with Crippen LogP contribution in [0.15, 0.2) is 18.2 Å². The molecule has 2 aliphatic rings. The smallest absolute Gasteiger partial charge is 0.407 e. The van der Waals surface area contributed by atoms with Crippen molar-refractivity contribution in [2.75, 3.05) is 19.8 Å². The van der Waals surface area contributed by atoms with E-state index < -0.39 is 0 Å². The van der Waals surface area contributed by atoms with E-state index >= 15 is 0 Å². The fourth-order valence-electron chi connectivity index (χ4n) is 1.92. The van der Waals surface area contributed by atoms with Crippen LogP contribution in [0.5, 0.6) is 11.5 Å². The highest BCUT2D eigenvalue weighted by Crippen LogP contribution is 2.37. The van der Waals surface area contributed by atoms with Gasteiger partial charge in [0.15, 0.2) is 11.5 Å². The van der Waals surface area contributed by atoms with Crippen molar-refractivity contribution in [3.8, 4) is 11.5 Å². The maximum atomic E-state index is 11.0. The summed E-state index contributed by atoms with van der Waals surface area (Å²) in [4.78, 5) is 11.0. The van der Waals surface area contributed by atoms with Gasteiger partial charge in [-0.3, -0.25) is 0 Å². The Bertz CT molecular complexity index is 432. The molecule has 2 heterocycles. The Morgan fingerprint density at radius 3 is 2.88 bits per heavy atom. The SMILES string of the molecule is O=C1N[C@@H](c2cccc3c2OCCO3)CO1. The Kier molecular flexibility index (Phi) is 2.09. The van der Waals surface area contributed by atoms with Crippen LogP contribution in [-0.4, -0.2) is 25.9 Å². The van der Waals surface area contributed by atoms with E-state index in [-0.39, 0.29) is 12.1 Å². The first kappa shape index (κ1) is 9.33. The van der Waals surface area contributed by atoms with Crippen LogP contribution in [0.3, 0.4) is 0 Å². The van der Waals surface area contributed by atoms with E-state index in [2.05, 4.69) is 5.32 Å². The molecule has 1 aromatic rings. The average Bonchev–Trinajstić information content (AvgIpc) is 2.75. The molecule has 0 saturated carbocycles. The molecule has 2 aliphatic heterocycles. The third-order valence-corrected chi connectivity index (χ3v) is 2.65. The number of carbonyl (C=O) groups excluding carboxylic acids is 1. The molecule has 1 atom stereocenters. The highest BCUT2D eigenvalue weighted by Gasteiger charge is 2.28. The van der Waals surface area contributed by atoms with E-state index in [4.69, 9.17) is 14.2 Å². The van der Waals surface area contributed by atoms with Gasteiger partial charge in [0.25, 0.3) is 0 Å². The van der Waals surface area contributed by atoms with Gasteiger partial charge in [0, 0.05) is 5.56 Å². The van der Waals surface area contributed by atoms with Crippen molar-refractivity contribution >= 4 is 6.09 Å². The zero-order valence-corrected chi connectivity index (χ0v) is 8.56. The van der Waals surface area contributed by atoms with Crippen LogP contribution in [-0.2, 0) is 4.74 Å². The molecule has 16 heavy (non-hydrogen) atoms. The predicted octanol–water partition coefficient (Wildman–Crippen LogP) is 1.24. The number of cyclic esters (lactones) is 1. The Balaban J connectivity index is 1.97. The number of rotatable bonds is 1. The third-order valence-electron chi connectivity index (χ3n) is 2.65. The quantitative estimate of drug-likeness (QED) is 0.775. The Morgan fingerprint density at radius 1 is 1.19 bits per heavy atom. The molecule has 1 N–H and O–H groups in total. The number of benzene rings is 1. The van der Waals surface area contributed by atoms with Crippen molar-refractivity contribution in [3.63, 3.8) is 0 Å². The second-order valence-electron chi connectivity index (χ2n) is 3.67. The molecular weight excluding hydrogens is 210 g/mol. The summed E-state index contributed by atoms with van der Waals surface area (Å²) in [6.07, 6.45) is -0.390. The van der Waals surface area contributed by atoms with Gasteiger partial charge in [-0.1, -0.05) is 12.1 Å². The normalized spacial score (nSPS) is 22.5. The second-order valence-corrected chi connectivity index (χ2v) is 3.67. The molecule has 0 aliphatic carbocycles. The summed E-state index contributed by atoms with van der Waals surface area (Å²) in [5.74, 6) is 1.44. The molecule has 0 radical (unpaired) electrons. The molecule has 0 unspecified atom stereocenters. The Hall–Kier alpha value is -1.91. The average molecular weight is 221 g/mol. The zero-order valence-electron chi connectivity index (χ0n) is 8.56. The number of hydrogen-bond acceptors (Lipinski definition) is 4. The zero-order chi connectivity index (χ0) is 11.0. The van der Waals surface area contributed by atoms with Crippen molar-refractivity contribution in [2.45, 2.75) is 6.04 Å². The van der Waals surface area contributed by atoms with E-state index in [0.29, 0.717) is 25.6 Å². The van der Waals surface area contributed by atoms with Gasteiger partial charge in [0.1, 0.15) is 19.8 Å². The lowest BCUT2D eigenvalue weighted by molar-refractivity contribution is 0.167. The summed E-state index contributed by atoms with van der Waals surface area (Å²) in [6, 6.07) is 5.50. The summed E-state index contributed by atoms with van der Waals surface area (Å²) in [6.45, 7) is 1.42. The lowest BCUT2D eigenvalue weighted by Crippen LogP contribution is -2.22. The number of alkyl carbamates (subject to hydrolysis) is 1. The van der Waals surface area contributed by atoms with E-state index in [9.17, 15) is 4.79 Å². The van der Waals surface area contributed by atoms with Gasteiger partial charge in [-0.2, -0.15) is 0 Å². The first-order valence-electron chi connectivity index (χ1n) is 5.16. The number of amides is 1. The van der Waals surface area contributed by atoms with Crippen molar-refractivity contribution in [3.05, 3.63) is 23.8 Å². The minimum Gasteiger partial charge on any atom is -0.486 e. The van der Waals surface area contributed by atoms with Gasteiger partial charge >= 0.3 is 6.09 Å². The van der Waals surface area contributed by atoms with E-state index in [1.807, 2.05) is 18.2 Å². The molecule has 1 saturated heterocycles. The molecule has 5 heteroatoms. The van der Waals surface area contributed by atoms with Crippen LogP contribution in [0.25, 0.3) is 0 Å². The van der Waals surface area contributed by atoms with E-state index in [1.165, 1.54) is 0 Å². The van der Waals surface area contributed by atoms with Gasteiger partial charge in [0.05, 0.1) is 6.04 Å². The number of ether oxygens (including phenoxy) is 3. The van der Waals surface area contributed by atoms with Crippen molar-refractivity contribution in [2.24, 2.45) is 0 Å². The lowest BCUT2D eigenvalue weighted by Gasteiger charge is -2.22. The predicted molar refractivity (Wildman–Crippen MR) is 54.7 cm³/mol. The standard InChI is InChI=1S/C11H11NO4/c13-11-12-8(6-16-11)7-2-1-3-9-10(7)15-5-4-14-9/h1-3,8H,4-6H2,(H,12,13)/t8-/m1/s1. The van der Waals surface area contributed by atoms with Crippen molar-refractivity contribution < 1.29 is 19.0 Å². The molecular formula is C11H11NO4. The molecule has 5 nitrogen and oxygen atoms in total. The number of nitrogens with one attached hydrogen (secondary N) is 1. The maximum absolute atomic E-state index is 11.0. The highest BCUT2D eigenvalue weighted by atomic mass is 16.6. The summed E-state index contributed by atoms with van der Waals surface area (Å²) < 4.78 is 15.9. The first-order chi connectivity index (χ1) is 7.84. The topological polar surface area (TPSA) is 56.8 Å². The van der Waals surface area contributed by atoms with E-state index in [0.717, 1.165) is 11.3 Å². The van der Waals surface area contributed by atoms with Crippen LogP contribution in [0.1, 0.15) is 11.6 Å². The van der Waals surface area contributed by atoms with Crippen LogP contribution >= 0.6 is 0 Å². The summed E-state index contributed by atoms with van der Waals surface area (Å²) in [5, 5.41) is 2.72. The van der Waals surface area contributed by atoms with Gasteiger partial charge in [0.2, 0.25) is 0 Å². The maximum Gasteiger partial charge on any atom is 0.407 e. The van der Waals surface area contributed by atoms with Crippen LogP contribution in [0, 0.1) is 0 Å². The molecule has 3 rings (SSSR count). The van der Waals surface area contributed by atoms with E-state index in [1.54, 1.807) is 0 Å². The van der Waals surface area contributed by atoms with Crippen LogP contribution in [0.2, 0.25) is 0 Å². The fourth-order valence-corrected chi connectivity index (χ4v) is 1.92. The summed E-state index contributed by atoms with van der Waals surface area (Å²) in [5.41, 5.74) is 0.906. The minimum atomic E-state index is -0.390. The molecule has 0 bridgehead atoms. The first-order valence-corrected chi connectivity index (χ1v) is 5.16. The van der Waals surface area contributed by atoms with Gasteiger partial charge in [-0.15, -0.1) is 0 Å². The molecule has 0 aromatic heterocycles. The molecule has 84 valence electrons. The summed E-state index contributed by atoms with van der Waals surface area (Å²) in [7, 11) is 0. The van der Waals surface area contributed by atoms with Crippen molar-refractivity contribution in [1.82, 2.24) is 5.32 Å². The van der Waals surface area contributed by atoms with Crippen molar-refractivity contribution in [1.29, 1.82) is 0 Å². The number of hydrogen-bond donors (Lipinski definition) is 1. The van der Waals surface area contributed by atoms with Gasteiger partial charge in [-0.05, 0) is 6.07 Å². The fraction of sp³-hybridized carbons (Fsp3) is 0.364. The number of fused-ring (bicyclic) bond motifs is 1. The Labute approximate surface area is 92.3 Å². The third kappa shape index (κ3) is 1.44. The molecule has 0 spiro atoms. The summed E-state index contributed by atoms with van der Waals surface area (Å²) >= 11 is 0. The number of carbonyl (C=O) groups is 1. The molecule has 1 amide bonds. The van der Waals surface area contributed by atoms with Gasteiger partial charge < -0.3 is 19.5 Å². The monoisotopic (exact) mass is 221 g/mol. The van der Waals surface area contributed by atoms with Crippen LogP contribution in [0.4, 0.5) is 4.79 Å². The largest absolute Gasteiger partial charge is 0.486 e. The highest BCUT2D eigenvalue weighted by molar-refractivity contribution is 5.70. The Morgan fingerprint density at radius 2 is 2.06 bits per heavy atom.